The van der Waals surface area contributed by atoms with E-state index in [1.807, 2.05) is 6.07 Å². The number of hydrogen-bond acceptors (Lipinski definition) is 3. The van der Waals surface area contributed by atoms with Crippen LogP contribution < -0.4 is 5.73 Å². The van der Waals surface area contributed by atoms with Gasteiger partial charge >= 0.3 is 0 Å². The van der Waals surface area contributed by atoms with Gasteiger partial charge in [-0.05, 0) is 32.5 Å². The average Bonchev–Trinajstić information content (AvgIpc) is 2.36. The Morgan fingerprint density at radius 2 is 1.70 bits per heavy atom. The summed E-state index contributed by atoms with van der Waals surface area (Å²) in [7, 11) is 4.23. The SMILES string of the molecule is CC(C)CN(CCN(C)C)CC(C)(N)c1ccccc1. The monoisotopic (exact) mass is 277 g/mol. The van der Waals surface area contributed by atoms with Crippen LogP contribution in [0.15, 0.2) is 30.3 Å². The van der Waals surface area contributed by atoms with E-state index in [-0.39, 0.29) is 5.54 Å². The van der Waals surface area contributed by atoms with E-state index in [9.17, 15) is 0 Å². The highest BCUT2D eigenvalue weighted by molar-refractivity contribution is 5.23. The molecule has 0 heterocycles. The van der Waals surface area contributed by atoms with Crippen molar-refractivity contribution in [2.75, 3.05) is 40.3 Å². The Morgan fingerprint density at radius 3 is 2.20 bits per heavy atom. The van der Waals surface area contributed by atoms with E-state index in [4.69, 9.17) is 5.73 Å². The Labute approximate surface area is 124 Å². The van der Waals surface area contributed by atoms with Gasteiger partial charge < -0.3 is 10.6 Å². The van der Waals surface area contributed by atoms with Gasteiger partial charge in [0, 0.05) is 26.2 Å². The third-order valence-corrected chi connectivity index (χ3v) is 3.47. The number of rotatable bonds is 8. The van der Waals surface area contributed by atoms with E-state index >= 15 is 0 Å². The lowest BCUT2D eigenvalue weighted by Gasteiger charge is -2.34. The molecule has 114 valence electrons. The van der Waals surface area contributed by atoms with Gasteiger partial charge in [0.15, 0.2) is 0 Å². The lowest BCUT2D eigenvalue weighted by molar-refractivity contribution is 0.180. The molecule has 0 aliphatic rings. The van der Waals surface area contributed by atoms with Crippen molar-refractivity contribution in [1.82, 2.24) is 9.80 Å². The smallest absolute Gasteiger partial charge is 0.0509 e. The zero-order valence-corrected chi connectivity index (χ0v) is 13.8. The van der Waals surface area contributed by atoms with Crippen molar-refractivity contribution in [1.29, 1.82) is 0 Å². The molecule has 3 heteroatoms. The van der Waals surface area contributed by atoms with Crippen LogP contribution in [-0.4, -0.2) is 50.1 Å². The van der Waals surface area contributed by atoms with Crippen molar-refractivity contribution in [3.8, 4) is 0 Å². The van der Waals surface area contributed by atoms with Crippen LogP contribution in [-0.2, 0) is 5.54 Å². The van der Waals surface area contributed by atoms with Gasteiger partial charge in [-0.15, -0.1) is 0 Å². The van der Waals surface area contributed by atoms with Gasteiger partial charge in [0.1, 0.15) is 0 Å². The molecule has 0 amide bonds. The van der Waals surface area contributed by atoms with Gasteiger partial charge in [0.2, 0.25) is 0 Å². The van der Waals surface area contributed by atoms with Gasteiger partial charge in [-0.2, -0.15) is 0 Å². The first-order valence-corrected chi connectivity index (χ1v) is 7.53. The summed E-state index contributed by atoms with van der Waals surface area (Å²) in [4.78, 5) is 4.71. The van der Waals surface area contributed by atoms with Crippen molar-refractivity contribution in [3.05, 3.63) is 35.9 Å². The lowest BCUT2D eigenvalue weighted by Crippen LogP contribution is -2.48. The second-order valence-electron chi connectivity index (χ2n) is 6.72. The standard InChI is InChI=1S/C17H31N3/c1-15(2)13-20(12-11-19(4)5)14-17(3,18)16-9-7-6-8-10-16/h6-10,15H,11-14,18H2,1-5H3. The van der Waals surface area contributed by atoms with Crippen molar-refractivity contribution >= 4 is 0 Å². The number of hydrogen-bond donors (Lipinski definition) is 1. The second kappa shape index (κ2) is 7.77. The summed E-state index contributed by atoms with van der Waals surface area (Å²) in [6.07, 6.45) is 0. The van der Waals surface area contributed by atoms with Crippen LogP contribution in [0.4, 0.5) is 0 Å². The summed E-state index contributed by atoms with van der Waals surface area (Å²) in [5.41, 5.74) is 7.47. The first-order chi connectivity index (χ1) is 9.31. The molecule has 0 saturated carbocycles. The molecule has 1 atom stereocenters. The topological polar surface area (TPSA) is 32.5 Å². The summed E-state index contributed by atoms with van der Waals surface area (Å²) < 4.78 is 0. The van der Waals surface area contributed by atoms with Crippen molar-refractivity contribution in [3.63, 3.8) is 0 Å². The Hall–Kier alpha value is -0.900. The highest BCUT2D eigenvalue weighted by Crippen LogP contribution is 2.19. The molecular weight excluding hydrogens is 246 g/mol. The summed E-state index contributed by atoms with van der Waals surface area (Å²) in [5, 5.41) is 0. The molecule has 1 unspecified atom stereocenters. The minimum absolute atomic E-state index is 0.303. The van der Waals surface area contributed by atoms with E-state index in [0.717, 1.165) is 26.2 Å². The van der Waals surface area contributed by atoms with E-state index < -0.39 is 0 Å². The number of likely N-dealkylation sites (N-methyl/N-ethyl adjacent to an activating group) is 1. The highest BCUT2D eigenvalue weighted by atomic mass is 15.2. The highest BCUT2D eigenvalue weighted by Gasteiger charge is 2.24. The molecule has 0 spiro atoms. The van der Waals surface area contributed by atoms with E-state index in [0.29, 0.717) is 5.92 Å². The van der Waals surface area contributed by atoms with Gasteiger partial charge in [-0.1, -0.05) is 44.2 Å². The summed E-state index contributed by atoms with van der Waals surface area (Å²) in [6, 6.07) is 10.4. The Balaban J connectivity index is 2.71. The molecule has 3 nitrogen and oxygen atoms in total. The number of nitrogens with two attached hydrogens (primary N) is 1. The molecule has 1 aromatic rings. The van der Waals surface area contributed by atoms with Gasteiger partial charge in [0.25, 0.3) is 0 Å². The fraction of sp³-hybridized carbons (Fsp3) is 0.647. The molecule has 0 fully saturated rings. The van der Waals surface area contributed by atoms with Gasteiger partial charge in [-0.3, -0.25) is 4.90 Å². The van der Waals surface area contributed by atoms with Crippen LogP contribution in [0.5, 0.6) is 0 Å². The molecule has 0 aliphatic carbocycles. The maximum atomic E-state index is 6.57. The van der Waals surface area contributed by atoms with Gasteiger partial charge in [-0.25, -0.2) is 0 Å². The van der Waals surface area contributed by atoms with Crippen LogP contribution >= 0.6 is 0 Å². The average molecular weight is 277 g/mol. The maximum Gasteiger partial charge on any atom is 0.0509 e. The molecule has 1 rings (SSSR count). The van der Waals surface area contributed by atoms with E-state index in [1.54, 1.807) is 0 Å². The van der Waals surface area contributed by atoms with Crippen LogP contribution in [0, 0.1) is 5.92 Å². The molecule has 20 heavy (non-hydrogen) atoms. The van der Waals surface area contributed by atoms with E-state index in [2.05, 4.69) is 68.9 Å². The first kappa shape index (κ1) is 17.2. The zero-order valence-electron chi connectivity index (χ0n) is 13.8. The van der Waals surface area contributed by atoms with Gasteiger partial charge in [0.05, 0.1) is 5.54 Å². The minimum Gasteiger partial charge on any atom is -0.321 e. The summed E-state index contributed by atoms with van der Waals surface area (Å²) in [5.74, 6) is 0.656. The molecule has 0 saturated heterocycles. The third-order valence-electron chi connectivity index (χ3n) is 3.47. The normalized spacial score (nSPS) is 15.1. The third kappa shape index (κ3) is 6.04. The largest absolute Gasteiger partial charge is 0.321 e. The number of nitrogens with zero attached hydrogens (tertiary/aromatic N) is 2. The summed E-state index contributed by atoms with van der Waals surface area (Å²) >= 11 is 0. The Morgan fingerprint density at radius 1 is 1.10 bits per heavy atom. The Kier molecular flexibility index (Phi) is 6.66. The van der Waals surface area contributed by atoms with Crippen molar-refractivity contribution < 1.29 is 0 Å². The second-order valence-corrected chi connectivity index (χ2v) is 6.72. The molecular formula is C17H31N3. The van der Waals surface area contributed by atoms with Crippen molar-refractivity contribution in [2.45, 2.75) is 26.3 Å². The molecule has 0 aliphatic heterocycles. The first-order valence-electron chi connectivity index (χ1n) is 7.53. The molecule has 0 bridgehead atoms. The van der Waals surface area contributed by atoms with Crippen molar-refractivity contribution in [2.24, 2.45) is 11.7 Å². The zero-order chi connectivity index (χ0) is 15.2. The fourth-order valence-electron chi connectivity index (χ4n) is 2.47. The van der Waals surface area contributed by atoms with E-state index in [1.165, 1.54) is 5.56 Å². The molecule has 0 radical (unpaired) electrons. The molecule has 1 aromatic carbocycles. The predicted octanol–water partition coefficient (Wildman–Crippen LogP) is 2.38. The van der Waals surface area contributed by atoms with Crippen LogP contribution in [0.1, 0.15) is 26.3 Å². The van der Waals surface area contributed by atoms with Crippen LogP contribution in [0.25, 0.3) is 0 Å². The predicted molar refractivity (Wildman–Crippen MR) is 87.8 cm³/mol. The Bertz CT molecular complexity index is 371. The quantitative estimate of drug-likeness (QED) is 0.792. The maximum absolute atomic E-state index is 6.57. The minimum atomic E-state index is -0.303. The number of benzene rings is 1. The van der Waals surface area contributed by atoms with Crippen LogP contribution in [0.3, 0.4) is 0 Å². The fourth-order valence-corrected chi connectivity index (χ4v) is 2.47. The summed E-state index contributed by atoms with van der Waals surface area (Å²) in [6.45, 7) is 10.8. The van der Waals surface area contributed by atoms with Crippen LogP contribution in [0.2, 0.25) is 0 Å². The molecule has 2 N–H and O–H groups in total. The lowest BCUT2D eigenvalue weighted by atomic mass is 9.92. The molecule has 0 aromatic heterocycles.